The first-order valence-electron chi connectivity index (χ1n) is 8.78. The number of benzene rings is 1. The SMILES string of the molecule is COc1ccc(C(N)=O)c(OC(C)C(=O)NC2CCCC(C)C2C)c1. The van der Waals surface area contributed by atoms with Crippen molar-refractivity contribution >= 4 is 11.8 Å². The summed E-state index contributed by atoms with van der Waals surface area (Å²) >= 11 is 0. The topological polar surface area (TPSA) is 90.7 Å². The number of carbonyl (C=O) groups is 2. The Morgan fingerprint density at radius 2 is 2.00 bits per heavy atom. The lowest BCUT2D eigenvalue weighted by Crippen LogP contribution is -2.48. The smallest absolute Gasteiger partial charge is 0.261 e. The van der Waals surface area contributed by atoms with Gasteiger partial charge in [0.25, 0.3) is 11.8 Å². The van der Waals surface area contributed by atoms with Gasteiger partial charge in [-0.05, 0) is 37.3 Å². The lowest BCUT2D eigenvalue weighted by molar-refractivity contribution is -0.128. The molecule has 0 heterocycles. The van der Waals surface area contributed by atoms with Crippen molar-refractivity contribution in [3.05, 3.63) is 23.8 Å². The Labute approximate surface area is 149 Å². The second kappa shape index (κ2) is 8.23. The van der Waals surface area contributed by atoms with E-state index in [1.54, 1.807) is 19.1 Å². The van der Waals surface area contributed by atoms with Crippen LogP contribution in [0.3, 0.4) is 0 Å². The van der Waals surface area contributed by atoms with Crippen molar-refractivity contribution < 1.29 is 19.1 Å². The van der Waals surface area contributed by atoms with Crippen LogP contribution >= 0.6 is 0 Å². The fraction of sp³-hybridized carbons (Fsp3) is 0.579. The third-order valence-electron chi connectivity index (χ3n) is 5.16. The third kappa shape index (κ3) is 4.65. The number of hydrogen-bond donors (Lipinski definition) is 2. The summed E-state index contributed by atoms with van der Waals surface area (Å²) < 4.78 is 10.9. The van der Waals surface area contributed by atoms with Crippen LogP contribution in [-0.4, -0.2) is 31.1 Å². The van der Waals surface area contributed by atoms with Gasteiger partial charge >= 0.3 is 0 Å². The van der Waals surface area contributed by atoms with Gasteiger partial charge in [0.2, 0.25) is 0 Å². The Morgan fingerprint density at radius 3 is 2.64 bits per heavy atom. The number of nitrogens with one attached hydrogen (secondary N) is 1. The molecule has 1 aliphatic carbocycles. The first-order chi connectivity index (χ1) is 11.8. The van der Waals surface area contributed by atoms with Crippen LogP contribution in [0.15, 0.2) is 18.2 Å². The van der Waals surface area contributed by atoms with Crippen molar-refractivity contribution in [3.8, 4) is 11.5 Å². The monoisotopic (exact) mass is 348 g/mol. The molecule has 138 valence electrons. The van der Waals surface area contributed by atoms with Crippen LogP contribution in [0, 0.1) is 11.8 Å². The highest BCUT2D eigenvalue weighted by molar-refractivity contribution is 5.96. The number of nitrogens with two attached hydrogens (primary N) is 1. The molecule has 2 rings (SSSR count). The minimum Gasteiger partial charge on any atom is -0.497 e. The minimum absolute atomic E-state index is 0.156. The summed E-state index contributed by atoms with van der Waals surface area (Å²) in [5.41, 5.74) is 5.60. The Bertz CT molecular complexity index is 632. The van der Waals surface area contributed by atoms with E-state index in [0.717, 1.165) is 12.8 Å². The van der Waals surface area contributed by atoms with E-state index in [9.17, 15) is 9.59 Å². The van der Waals surface area contributed by atoms with Gasteiger partial charge in [-0.15, -0.1) is 0 Å². The van der Waals surface area contributed by atoms with E-state index in [0.29, 0.717) is 17.6 Å². The maximum atomic E-state index is 12.5. The van der Waals surface area contributed by atoms with Crippen LogP contribution in [0.25, 0.3) is 0 Å². The zero-order valence-electron chi connectivity index (χ0n) is 15.4. The molecule has 4 unspecified atom stereocenters. The molecular formula is C19H28N2O4. The number of ether oxygens (including phenoxy) is 2. The minimum atomic E-state index is -0.741. The summed E-state index contributed by atoms with van der Waals surface area (Å²) in [5.74, 6) is 1.00. The van der Waals surface area contributed by atoms with E-state index in [4.69, 9.17) is 15.2 Å². The third-order valence-corrected chi connectivity index (χ3v) is 5.16. The van der Waals surface area contributed by atoms with Crippen molar-refractivity contribution in [2.75, 3.05) is 7.11 Å². The van der Waals surface area contributed by atoms with E-state index < -0.39 is 12.0 Å². The van der Waals surface area contributed by atoms with Gasteiger partial charge in [-0.3, -0.25) is 9.59 Å². The molecule has 4 atom stereocenters. The van der Waals surface area contributed by atoms with E-state index >= 15 is 0 Å². The molecule has 0 radical (unpaired) electrons. The Kier molecular flexibility index (Phi) is 6.28. The van der Waals surface area contributed by atoms with Gasteiger partial charge in [0.05, 0.1) is 12.7 Å². The molecule has 6 heteroatoms. The maximum absolute atomic E-state index is 12.5. The number of primary amides is 1. The molecule has 0 aliphatic heterocycles. The molecule has 0 spiro atoms. The zero-order chi connectivity index (χ0) is 18.6. The molecule has 6 nitrogen and oxygen atoms in total. The summed E-state index contributed by atoms with van der Waals surface area (Å²) in [6.45, 7) is 6.06. The van der Waals surface area contributed by atoms with Gasteiger partial charge in [-0.25, -0.2) is 0 Å². The molecule has 1 aromatic rings. The maximum Gasteiger partial charge on any atom is 0.261 e. The van der Waals surface area contributed by atoms with Gasteiger partial charge in [-0.1, -0.05) is 26.7 Å². The Hall–Kier alpha value is -2.24. The summed E-state index contributed by atoms with van der Waals surface area (Å²) in [7, 11) is 1.52. The Morgan fingerprint density at radius 1 is 1.28 bits per heavy atom. The molecule has 1 fully saturated rings. The van der Waals surface area contributed by atoms with Crippen LogP contribution in [-0.2, 0) is 4.79 Å². The van der Waals surface area contributed by atoms with Crippen molar-refractivity contribution in [2.45, 2.75) is 52.2 Å². The van der Waals surface area contributed by atoms with E-state index in [2.05, 4.69) is 19.2 Å². The molecule has 2 amide bonds. The van der Waals surface area contributed by atoms with E-state index in [1.807, 2.05) is 0 Å². The van der Waals surface area contributed by atoms with Crippen LogP contribution in [0.1, 0.15) is 50.4 Å². The predicted molar refractivity (Wildman–Crippen MR) is 95.7 cm³/mol. The molecule has 0 aromatic heterocycles. The molecular weight excluding hydrogens is 320 g/mol. The summed E-state index contributed by atoms with van der Waals surface area (Å²) in [6.07, 6.45) is 2.56. The number of carbonyl (C=O) groups excluding carboxylic acids is 2. The first kappa shape index (κ1) is 19.1. The molecule has 1 saturated carbocycles. The van der Waals surface area contributed by atoms with Crippen LogP contribution in [0.4, 0.5) is 0 Å². The fourth-order valence-corrected chi connectivity index (χ4v) is 3.26. The average molecular weight is 348 g/mol. The summed E-state index contributed by atoms with van der Waals surface area (Å²) in [5, 5.41) is 3.08. The predicted octanol–water partition coefficient (Wildman–Crippen LogP) is 2.50. The lowest BCUT2D eigenvalue weighted by atomic mass is 9.78. The molecule has 1 aliphatic rings. The molecule has 25 heavy (non-hydrogen) atoms. The van der Waals surface area contributed by atoms with Crippen LogP contribution < -0.4 is 20.5 Å². The highest BCUT2D eigenvalue weighted by Gasteiger charge is 2.30. The first-order valence-corrected chi connectivity index (χ1v) is 8.78. The molecule has 3 N–H and O–H groups in total. The van der Waals surface area contributed by atoms with Crippen LogP contribution in [0.2, 0.25) is 0 Å². The highest BCUT2D eigenvalue weighted by atomic mass is 16.5. The van der Waals surface area contributed by atoms with E-state index in [-0.39, 0.29) is 23.3 Å². The number of rotatable bonds is 6. The van der Waals surface area contributed by atoms with Gasteiger partial charge in [0.1, 0.15) is 11.5 Å². The van der Waals surface area contributed by atoms with Crippen molar-refractivity contribution in [2.24, 2.45) is 17.6 Å². The quantitative estimate of drug-likeness (QED) is 0.826. The average Bonchev–Trinajstić information content (AvgIpc) is 2.58. The largest absolute Gasteiger partial charge is 0.497 e. The molecule has 1 aromatic carbocycles. The standard InChI is InChI=1S/C19H28N2O4/c1-11-6-5-7-16(12(11)2)21-19(23)13(3)25-17-10-14(24-4)8-9-15(17)18(20)22/h8-13,16H,5-7H2,1-4H3,(H2,20,22)(H,21,23). The fourth-order valence-electron chi connectivity index (χ4n) is 3.26. The van der Waals surface area contributed by atoms with Gasteiger partial charge in [0.15, 0.2) is 6.10 Å². The summed E-state index contributed by atoms with van der Waals surface area (Å²) in [4.78, 5) is 24.1. The highest BCUT2D eigenvalue weighted by Crippen LogP contribution is 2.30. The van der Waals surface area contributed by atoms with Crippen molar-refractivity contribution in [1.82, 2.24) is 5.32 Å². The van der Waals surface area contributed by atoms with Gasteiger partial charge < -0.3 is 20.5 Å². The molecule has 0 bridgehead atoms. The summed E-state index contributed by atoms with van der Waals surface area (Å²) in [6, 6.07) is 4.88. The number of amides is 2. The zero-order valence-corrected chi connectivity index (χ0v) is 15.4. The number of hydrogen-bond acceptors (Lipinski definition) is 4. The van der Waals surface area contributed by atoms with Gasteiger partial charge in [-0.2, -0.15) is 0 Å². The van der Waals surface area contributed by atoms with Crippen LogP contribution in [0.5, 0.6) is 11.5 Å². The number of methoxy groups -OCH3 is 1. The second-order valence-corrected chi connectivity index (χ2v) is 6.87. The normalized spacial score (nSPS) is 24.2. The van der Waals surface area contributed by atoms with Gasteiger partial charge in [0, 0.05) is 12.1 Å². The van der Waals surface area contributed by atoms with Crippen molar-refractivity contribution in [3.63, 3.8) is 0 Å². The Balaban J connectivity index is 2.07. The van der Waals surface area contributed by atoms with Crippen molar-refractivity contribution in [1.29, 1.82) is 0 Å². The lowest BCUT2D eigenvalue weighted by Gasteiger charge is -2.35. The molecule has 0 saturated heterocycles. The second-order valence-electron chi connectivity index (χ2n) is 6.87. The van der Waals surface area contributed by atoms with E-state index in [1.165, 1.54) is 19.6 Å².